The van der Waals surface area contributed by atoms with Crippen LogP contribution in [-0.4, -0.2) is 13.3 Å². The summed E-state index contributed by atoms with van der Waals surface area (Å²) in [4.78, 5) is 3.59. The number of aromatic nitrogens is 1. The number of benzene rings is 1. The smallest absolute Gasteiger partial charge is 0.184 e. The third-order valence-corrected chi connectivity index (χ3v) is 4.55. The van der Waals surface area contributed by atoms with E-state index in [1.807, 2.05) is 0 Å². The first kappa shape index (κ1) is 12.0. The highest BCUT2D eigenvalue weighted by atomic mass is 28.4. The van der Waals surface area contributed by atoms with Crippen molar-refractivity contribution in [2.45, 2.75) is 45.0 Å². The summed E-state index contributed by atoms with van der Waals surface area (Å²) in [5.41, 5.74) is 4.08. The first-order chi connectivity index (χ1) is 8.54. The van der Waals surface area contributed by atoms with Crippen molar-refractivity contribution in [1.29, 1.82) is 0 Å². The third kappa shape index (κ3) is 2.13. The average Bonchev–Trinajstić information content (AvgIpc) is 2.67. The second-order valence-corrected chi connectivity index (χ2v) is 10.6. The molecule has 0 saturated heterocycles. The molecular weight excluding hydrogens is 238 g/mol. The number of rotatable bonds is 2. The number of aryl methyl sites for hydroxylation is 1. The standard InChI is InChI=1S/C15H21NOSi/c1-18(2,3)17-14-10-6-8-12-11-7-4-5-9-13(11)16-15(12)14/h4-5,7,9,14,16H,6,8,10H2,1-3H3. The van der Waals surface area contributed by atoms with Crippen molar-refractivity contribution >= 4 is 19.2 Å². The molecule has 1 aliphatic rings. The van der Waals surface area contributed by atoms with Crippen LogP contribution in [0.4, 0.5) is 0 Å². The van der Waals surface area contributed by atoms with Crippen LogP contribution in [0.25, 0.3) is 10.9 Å². The molecule has 0 fully saturated rings. The molecule has 0 radical (unpaired) electrons. The van der Waals surface area contributed by atoms with Gasteiger partial charge in [0.2, 0.25) is 0 Å². The summed E-state index contributed by atoms with van der Waals surface area (Å²) < 4.78 is 6.34. The van der Waals surface area contributed by atoms with Crippen molar-refractivity contribution in [2.24, 2.45) is 0 Å². The Morgan fingerprint density at radius 3 is 2.78 bits per heavy atom. The second-order valence-electron chi connectivity index (χ2n) is 6.17. The van der Waals surface area contributed by atoms with E-state index in [1.165, 1.54) is 35.0 Å². The number of hydrogen-bond donors (Lipinski definition) is 1. The van der Waals surface area contributed by atoms with Crippen LogP contribution in [0.2, 0.25) is 19.6 Å². The van der Waals surface area contributed by atoms with Crippen molar-refractivity contribution in [1.82, 2.24) is 4.98 Å². The van der Waals surface area contributed by atoms with Crippen molar-refractivity contribution in [3.05, 3.63) is 35.5 Å². The van der Waals surface area contributed by atoms with Crippen LogP contribution >= 0.6 is 0 Å². The molecule has 2 aromatic rings. The maximum Gasteiger partial charge on any atom is 0.184 e. The van der Waals surface area contributed by atoms with Gasteiger partial charge in [-0.1, -0.05) is 18.2 Å². The average molecular weight is 259 g/mol. The molecule has 0 saturated carbocycles. The zero-order chi connectivity index (χ0) is 12.8. The fourth-order valence-electron chi connectivity index (χ4n) is 2.92. The molecule has 1 aromatic heterocycles. The fraction of sp³-hybridized carbons (Fsp3) is 0.467. The van der Waals surface area contributed by atoms with Crippen molar-refractivity contribution in [3.8, 4) is 0 Å². The molecule has 96 valence electrons. The molecular formula is C15H21NOSi. The Morgan fingerprint density at radius 1 is 1.22 bits per heavy atom. The number of fused-ring (bicyclic) bond motifs is 3. The van der Waals surface area contributed by atoms with E-state index in [4.69, 9.17) is 4.43 Å². The number of aromatic amines is 1. The minimum Gasteiger partial charge on any atom is -0.409 e. The second kappa shape index (κ2) is 4.25. The van der Waals surface area contributed by atoms with Crippen molar-refractivity contribution < 1.29 is 4.43 Å². The third-order valence-electron chi connectivity index (χ3n) is 3.56. The fourth-order valence-corrected chi connectivity index (χ4v) is 4.01. The number of para-hydroxylation sites is 1. The Kier molecular flexibility index (Phi) is 2.83. The minimum absolute atomic E-state index is 0.285. The Morgan fingerprint density at radius 2 is 2.00 bits per heavy atom. The van der Waals surface area contributed by atoms with Gasteiger partial charge in [0.05, 0.1) is 6.10 Å². The summed E-state index contributed by atoms with van der Waals surface area (Å²) in [6, 6.07) is 8.61. The van der Waals surface area contributed by atoms with E-state index < -0.39 is 8.32 Å². The van der Waals surface area contributed by atoms with Gasteiger partial charge in [0.1, 0.15) is 0 Å². The van der Waals surface area contributed by atoms with E-state index in [1.54, 1.807) is 0 Å². The molecule has 3 heteroatoms. The van der Waals surface area contributed by atoms with E-state index in [9.17, 15) is 0 Å². The molecule has 2 nitrogen and oxygen atoms in total. The van der Waals surface area contributed by atoms with Gasteiger partial charge in [0.25, 0.3) is 0 Å². The number of H-pyrrole nitrogens is 1. The first-order valence-corrected chi connectivity index (χ1v) is 10.2. The van der Waals surface area contributed by atoms with Gasteiger partial charge in [-0.05, 0) is 50.5 Å². The molecule has 1 aliphatic carbocycles. The van der Waals surface area contributed by atoms with Gasteiger partial charge in [0.15, 0.2) is 8.32 Å². The van der Waals surface area contributed by atoms with E-state index in [2.05, 4.69) is 48.9 Å². The zero-order valence-electron chi connectivity index (χ0n) is 11.4. The van der Waals surface area contributed by atoms with E-state index >= 15 is 0 Å². The Bertz CT molecular complexity index is 567. The lowest BCUT2D eigenvalue weighted by atomic mass is 9.94. The lowest BCUT2D eigenvalue weighted by Crippen LogP contribution is -2.29. The Balaban J connectivity index is 2.05. The van der Waals surface area contributed by atoms with Crippen LogP contribution in [0, 0.1) is 0 Å². The van der Waals surface area contributed by atoms with Crippen LogP contribution in [-0.2, 0) is 10.8 Å². The molecule has 1 heterocycles. The molecule has 0 aliphatic heterocycles. The number of nitrogens with one attached hydrogen (secondary N) is 1. The van der Waals surface area contributed by atoms with Gasteiger partial charge >= 0.3 is 0 Å². The van der Waals surface area contributed by atoms with Crippen LogP contribution < -0.4 is 0 Å². The topological polar surface area (TPSA) is 25.0 Å². The van der Waals surface area contributed by atoms with Gasteiger partial charge in [-0.3, -0.25) is 0 Å². The quantitative estimate of drug-likeness (QED) is 0.795. The highest BCUT2D eigenvalue weighted by molar-refractivity contribution is 6.69. The lowest BCUT2D eigenvalue weighted by molar-refractivity contribution is 0.172. The summed E-state index contributed by atoms with van der Waals surface area (Å²) in [5, 5.41) is 1.39. The molecule has 1 unspecified atom stereocenters. The normalized spacial score (nSPS) is 20.1. The summed E-state index contributed by atoms with van der Waals surface area (Å²) in [6.45, 7) is 6.80. The van der Waals surface area contributed by atoms with E-state index in [0.29, 0.717) is 0 Å². The van der Waals surface area contributed by atoms with Crippen LogP contribution in [0.1, 0.15) is 30.2 Å². The molecule has 3 rings (SSSR count). The van der Waals surface area contributed by atoms with Gasteiger partial charge in [-0.25, -0.2) is 0 Å². The van der Waals surface area contributed by atoms with Crippen LogP contribution in [0.15, 0.2) is 24.3 Å². The Hall–Kier alpha value is -1.06. The van der Waals surface area contributed by atoms with E-state index in [0.717, 1.165) is 6.42 Å². The van der Waals surface area contributed by atoms with Crippen molar-refractivity contribution in [3.63, 3.8) is 0 Å². The van der Waals surface area contributed by atoms with E-state index in [-0.39, 0.29) is 6.10 Å². The molecule has 0 amide bonds. The number of hydrogen-bond acceptors (Lipinski definition) is 1. The lowest BCUT2D eigenvalue weighted by Gasteiger charge is -2.29. The molecule has 0 spiro atoms. The summed E-state index contributed by atoms with van der Waals surface area (Å²) in [6.07, 6.45) is 3.87. The summed E-state index contributed by atoms with van der Waals surface area (Å²) in [7, 11) is -1.48. The SMILES string of the molecule is C[Si](C)(C)OC1CCCc2c1[nH]c1ccccc21. The summed E-state index contributed by atoms with van der Waals surface area (Å²) in [5.74, 6) is 0. The molecule has 1 N–H and O–H groups in total. The Labute approximate surface area is 109 Å². The highest BCUT2D eigenvalue weighted by Crippen LogP contribution is 2.37. The first-order valence-electron chi connectivity index (χ1n) is 6.82. The predicted molar refractivity (Wildman–Crippen MR) is 78.4 cm³/mol. The maximum absolute atomic E-state index is 6.34. The zero-order valence-corrected chi connectivity index (χ0v) is 12.4. The molecule has 1 atom stereocenters. The summed E-state index contributed by atoms with van der Waals surface area (Å²) >= 11 is 0. The minimum atomic E-state index is -1.48. The van der Waals surface area contributed by atoms with Crippen LogP contribution in [0.5, 0.6) is 0 Å². The molecule has 18 heavy (non-hydrogen) atoms. The van der Waals surface area contributed by atoms with Gasteiger partial charge < -0.3 is 9.41 Å². The predicted octanol–water partition coefficient (Wildman–Crippen LogP) is 4.40. The van der Waals surface area contributed by atoms with Gasteiger partial charge in [-0.15, -0.1) is 0 Å². The molecule has 1 aromatic carbocycles. The van der Waals surface area contributed by atoms with Crippen molar-refractivity contribution in [2.75, 3.05) is 0 Å². The van der Waals surface area contributed by atoms with Gasteiger partial charge in [-0.2, -0.15) is 0 Å². The largest absolute Gasteiger partial charge is 0.409 e. The molecule has 0 bridgehead atoms. The van der Waals surface area contributed by atoms with Crippen LogP contribution in [0.3, 0.4) is 0 Å². The monoisotopic (exact) mass is 259 g/mol. The maximum atomic E-state index is 6.34. The highest BCUT2D eigenvalue weighted by Gasteiger charge is 2.28. The van der Waals surface area contributed by atoms with Gasteiger partial charge in [0, 0.05) is 16.6 Å².